The highest BCUT2D eigenvalue weighted by molar-refractivity contribution is 6.30. The molecule has 0 aliphatic carbocycles. The summed E-state index contributed by atoms with van der Waals surface area (Å²) in [6.07, 6.45) is 1.53. The van der Waals surface area contributed by atoms with Crippen molar-refractivity contribution >= 4 is 17.2 Å². The van der Waals surface area contributed by atoms with Crippen LogP contribution in [0.1, 0.15) is 5.69 Å². The zero-order valence-electron chi connectivity index (χ0n) is 7.27. The SMILES string of the molecule is NCc1cc(=O)n2cc(Cl)ccc2n1. The molecule has 2 heterocycles. The van der Waals surface area contributed by atoms with Crippen LogP contribution in [0.15, 0.2) is 29.2 Å². The molecule has 0 aliphatic rings. The van der Waals surface area contributed by atoms with Crippen molar-refractivity contribution in [2.75, 3.05) is 0 Å². The second kappa shape index (κ2) is 3.40. The van der Waals surface area contributed by atoms with Crippen molar-refractivity contribution in [2.45, 2.75) is 6.54 Å². The summed E-state index contributed by atoms with van der Waals surface area (Å²) in [5.74, 6) is 0. The Labute approximate surface area is 84.9 Å². The van der Waals surface area contributed by atoms with Crippen molar-refractivity contribution in [2.24, 2.45) is 5.73 Å². The largest absolute Gasteiger partial charge is 0.325 e. The molecule has 2 rings (SSSR count). The van der Waals surface area contributed by atoms with E-state index in [1.54, 1.807) is 12.1 Å². The van der Waals surface area contributed by atoms with E-state index in [0.29, 0.717) is 16.4 Å². The Morgan fingerprint density at radius 2 is 2.29 bits per heavy atom. The van der Waals surface area contributed by atoms with Crippen molar-refractivity contribution in [1.82, 2.24) is 9.38 Å². The van der Waals surface area contributed by atoms with Gasteiger partial charge in [-0.2, -0.15) is 0 Å². The molecule has 2 aromatic rings. The molecule has 0 spiro atoms. The van der Waals surface area contributed by atoms with Crippen molar-refractivity contribution in [1.29, 1.82) is 0 Å². The molecule has 5 heteroatoms. The molecule has 0 saturated heterocycles. The highest BCUT2D eigenvalue weighted by Gasteiger charge is 2.00. The van der Waals surface area contributed by atoms with Crippen LogP contribution in [0, 0.1) is 0 Å². The molecular formula is C9H8ClN3O. The van der Waals surface area contributed by atoms with Crippen LogP contribution in [0.25, 0.3) is 5.65 Å². The first-order chi connectivity index (χ1) is 6.70. The van der Waals surface area contributed by atoms with E-state index in [4.69, 9.17) is 17.3 Å². The summed E-state index contributed by atoms with van der Waals surface area (Å²) < 4.78 is 1.39. The van der Waals surface area contributed by atoms with Gasteiger partial charge in [-0.3, -0.25) is 9.20 Å². The number of nitrogens with two attached hydrogens (primary N) is 1. The van der Waals surface area contributed by atoms with Gasteiger partial charge in [0.05, 0.1) is 10.7 Å². The Morgan fingerprint density at radius 3 is 3.00 bits per heavy atom. The van der Waals surface area contributed by atoms with Gasteiger partial charge in [-0.25, -0.2) is 4.98 Å². The maximum Gasteiger partial charge on any atom is 0.258 e. The Morgan fingerprint density at radius 1 is 1.50 bits per heavy atom. The molecule has 2 aromatic heterocycles. The lowest BCUT2D eigenvalue weighted by molar-refractivity contribution is 0.943. The van der Waals surface area contributed by atoms with Gasteiger partial charge in [-0.05, 0) is 12.1 Å². The number of hydrogen-bond donors (Lipinski definition) is 1. The second-order valence-electron chi connectivity index (χ2n) is 2.87. The predicted molar refractivity (Wildman–Crippen MR) is 54.4 cm³/mol. The maximum atomic E-state index is 11.5. The van der Waals surface area contributed by atoms with E-state index < -0.39 is 0 Å². The molecule has 0 atom stereocenters. The van der Waals surface area contributed by atoms with E-state index in [-0.39, 0.29) is 12.1 Å². The molecule has 0 radical (unpaired) electrons. The van der Waals surface area contributed by atoms with Crippen LogP contribution in [0.5, 0.6) is 0 Å². The highest BCUT2D eigenvalue weighted by atomic mass is 35.5. The summed E-state index contributed by atoms with van der Waals surface area (Å²) in [5, 5.41) is 0.502. The smallest absolute Gasteiger partial charge is 0.258 e. The van der Waals surface area contributed by atoms with E-state index in [1.807, 2.05) is 0 Å². The van der Waals surface area contributed by atoms with Crippen LogP contribution in [-0.2, 0) is 6.54 Å². The molecular weight excluding hydrogens is 202 g/mol. The van der Waals surface area contributed by atoms with Crippen molar-refractivity contribution < 1.29 is 0 Å². The summed E-state index contributed by atoms with van der Waals surface area (Å²) in [6.45, 7) is 0.258. The molecule has 0 aromatic carbocycles. The summed E-state index contributed by atoms with van der Waals surface area (Å²) in [4.78, 5) is 15.7. The van der Waals surface area contributed by atoms with Gasteiger partial charge in [0.1, 0.15) is 5.65 Å². The van der Waals surface area contributed by atoms with Gasteiger partial charge >= 0.3 is 0 Å². The fraction of sp³-hybridized carbons (Fsp3) is 0.111. The van der Waals surface area contributed by atoms with Gasteiger partial charge < -0.3 is 5.73 Å². The Bertz CT molecular complexity index is 535. The van der Waals surface area contributed by atoms with E-state index in [0.717, 1.165) is 0 Å². The standard InChI is InChI=1S/C9H8ClN3O/c10-6-1-2-8-12-7(4-11)3-9(14)13(8)5-6/h1-3,5H,4,11H2. The third-order valence-electron chi connectivity index (χ3n) is 1.89. The molecule has 4 nitrogen and oxygen atoms in total. The number of halogens is 1. The van der Waals surface area contributed by atoms with E-state index in [1.165, 1.54) is 16.7 Å². The van der Waals surface area contributed by atoms with Gasteiger partial charge in [-0.1, -0.05) is 11.6 Å². The minimum absolute atomic E-state index is 0.169. The third-order valence-corrected chi connectivity index (χ3v) is 2.11. The lowest BCUT2D eigenvalue weighted by Crippen LogP contribution is -2.16. The zero-order valence-corrected chi connectivity index (χ0v) is 8.03. The topological polar surface area (TPSA) is 60.4 Å². The summed E-state index contributed by atoms with van der Waals surface area (Å²) >= 11 is 5.75. The first kappa shape index (κ1) is 9.18. The van der Waals surface area contributed by atoms with Gasteiger partial charge in [0.25, 0.3) is 5.56 Å². The van der Waals surface area contributed by atoms with Crippen molar-refractivity contribution in [3.8, 4) is 0 Å². The highest BCUT2D eigenvalue weighted by Crippen LogP contribution is 2.07. The third kappa shape index (κ3) is 1.49. The van der Waals surface area contributed by atoms with Gasteiger partial charge in [0.2, 0.25) is 0 Å². The molecule has 14 heavy (non-hydrogen) atoms. The monoisotopic (exact) mass is 209 g/mol. The molecule has 0 aliphatic heterocycles. The van der Waals surface area contributed by atoms with Crippen LogP contribution in [0.4, 0.5) is 0 Å². The van der Waals surface area contributed by atoms with Crippen LogP contribution in [-0.4, -0.2) is 9.38 Å². The summed E-state index contributed by atoms with van der Waals surface area (Å²) in [6, 6.07) is 4.77. The average Bonchev–Trinajstić information content (AvgIpc) is 2.19. The second-order valence-corrected chi connectivity index (χ2v) is 3.30. The minimum atomic E-state index is -0.169. The van der Waals surface area contributed by atoms with E-state index in [2.05, 4.69) is 4.98 Å². The fourth-order valence-electron chi connectivity index (χ4n) is 1.23. The number of hydrogen-bond acceptors (Lipinski definition) is 3. The van der Waals surface area contributed by atoms with Crippen molar-refractivity contribution in [3.05, 3.63) is 45.5 Å². The molecule has 0 fully saturated rings. The van der Waals surface area contributed by atoms with Gasteiger partial charge in [0, 0.05) is 18.8 Å². The predicted octanol–water partition coefficient (Wildman–Crippen LogP) is 0.807. The van der Waals surface area contributed by atoms with Crippen LogP contribution >= 0.6 is 11.6 Å². The number of rotatable bonds is 1. The average molecular weight is 210 g/mol. The molecule has 0 saturated carbocycles. The lowest BCUT2D eigenvalue weighted by Gasteiger charge is -2.01. The Hall–Kier alpha value is -1.39. The molecule has 72 valence electrons. The maximum absolute atomic E-state index is 11.5. The van der Waals surface area contributed by atoms with E-state index in [9.17, 15) is 4.79 Å². The normalized spacial score (nSPS) is 10.7. The van der Waals surface area contributed by atoms with Crippen LogP contribution in [0.2, 0.25) is 5.02 Å². The first-order valence-electron chi connectivity index (χ1n) is 4.08. The van der Waals surface area contributed by atoms with Crippen LogP contribution in [0.3, 0.4) is 0 Å². The molecule has 0 amide bonds. The summed E-state index contributed by atoms with van der Waals surface area (Å²) in [5.41, 5.74) is 6.37. The zero-order chi connectivity index (χ0) is 10.1. The number of fused-ring (bicyclic) bond motifs is 1. The Balaban J connectivity index is 2.83. The molecule has 2 N–H and O–H groups in total. The van der Waals surface area contributed by atoms with Crippen molar-refractivity contribution in [3.63, 3.8) is 0 Å². The lowest BCUT2D eigenvalue weighted by atomic mass is 10.4. The Kier molecular flexibility index (Phi) is 2.23. The fourth-order valence-corrected chi connectivity index (χ4v) is 1.39. The van der Waals surface area contributed by atoms with Crippen LogP contribution < -0.4 is 11.3 Å². The summed E-state index contributed by atoms with van der Waals surface area (Å²) in [7, 11) is 0. The number of nitrogens with zero attached hydrogens (tertiary/aromatic N) is 2. The van der Waals surface area contributed by atoms with Gasteiger partial charge in [0.15, 0.2) is 0 Å². The minimum Gasteiger partial charge on any atom is -0.325 e. The first-order valence-corrected chi connectivity index (χ1v) is 4.46. The molecule has 0 bridgehead atoms. The quantitative estimate of drug-likeness (QED) is 0.756. The molecule has 0 unspecified atom stereocenters. The van der Waals surface area contributed by atoms with Gasteiger partial charge in [-0.15, -0.1) is 0 Å². The number of pyridine rings is 1. The van der Waals surface area contributed by atoms with E-state index >= 15 is 0 Å². The number of aromatic nitrogens is 2.